The molecule has 2 aromatic rings. The minimum atomic E-state index is -0.138. The number of carbonyl (C=O) groups excluding carboxylic acids is 2. The molecule has 3 amide bonds. The Hall–Kier alpha value is -2.94. The molecular formula is C20H26N6O3. The van der Waals surface area contributed by atoms with E-state index in [1.54, 1.807) is 4.90 Å². The fraction of sp³-hybridized carbons (Fsp3) is 0.500. The van der Waals surface area contributed by atoms with Crippen molar-refractivity contribution in [2.24, 2.45) is 0 Å². The average Bonchev–Trinajstić information content (AvgIpc) is 3.18. The summed E-state index contributed by atoms with van der Waals surface area (Å²) in [6, 6.07) is 9.28. The van der Waals surface area contributed by atoms with Gasteiger partial charge in [-0.05, 0) is 25.0 Å². The van der Waals surface area contributed by atoms with Gasteiger partial charge in [-0.15, -0.1) is 10.2 Å². The highest BCUT2D eigenvalue weighted by Gasteiger charge is 2.31. The van der Waals surface area contributed by atoms with Crippen LogP contribution in [0.3, 0.4) is 0 Å². The van der Waals surface area contributed by atoms with Gasteiger partial charge in [-0.25, -0.2) is 4.79 Å². The Balaban J connectivity index is 1.42. The number of ether oxygens (including phenoxy) is 1. The molecule has 0 aliphatic carbocycles. The lowest BCUT2D eigenvalue weighted by Gasteiger charge is -2.33. The largest absolute Gasteiger partial charge is 0.375 e. The molecule has 1 saturated heterocycles. The summed E-state index contributed by atoms with van der Waals surface area (Å²) in [5.41, 5.74) is 0.772. The lowest BCUT2D eigenvalue weighted by molar-refractivity contribution is -0.136. The molecule has 9 nitrogen and oxygen atoms in total. The number of anilines is 1. The van der Waals surface area contributed by atoms with Crippen LogP contribution in [0, 0.1) is 0 Å². The van der Waals surface area contributed by atoms with Gasteiger partial charge in [0, 0.05) is 44.9 Å². The van der Waals surface area contributed by atoms with Crippen molar-refractivity contribution in [1.82, 2.24) is 24.6 Å². The summed E-state index contributed by atoms with van der Waals surface area (Å²) in [6.45, 7) is 3.17. The third kappa shape index (κ3) is 4.24. The summed E-state index contributed by atoms with van der Waals surface area (Å²) in [5.74, 6) is 1.88. The topological polar surface area (TPSA) is 92.6 Å². The van der Waals surface area contributed by atoms with E-state index < -0.39 is 0 Å². The fourth-order valence-electron chi connectivity index (χ4n) is 4.01. The molecule has 154 valence electrons. The van der Waals surface area contributed by atoms with Gasteiger partial charge in [0.15, 0.2) is 5.82 Å². The third-order valence-electron chi connectivity index (χ3n) is 5.50. The second kappa shape index (κ2) is 8.60. The summed E-state index contributed by atoms with van der Waals surface area (Å²) < 4.78 is 7.09. The molecule has 1 aromatic carbocycles. The molecule has 1 atom stereocenters. The van der Waals surface area contributed by atoms with E-state index in [9.17, 15) is 9.59 Å². The number of methoxy groups -OCH3 is 1. The van der Waals surface area contributed by atoms with Crippen molar-refractivity contribution in [3.8, 4) is 0 Å². The van der Waals surface area contributed by atoms with Crippen LogP contribution in [0.1, 0.15) is 30.4 Å². The molecule has 0 bridgehead atoms. The number of piperidine rings is 1. The standard InChI is InChI=1S/C20H26N6O3/c1-29-14-18(27)24-9-5-6-15(12-24)19-23-22-17-13-25(10-11-26(17)19)20(28)21-16-7-3-2-4-8-16/h2-4,7-8,15H,5-6,9-14H2,1H3,(H,21,28). The first-order valence-corrected chi connectivity index (χ1v) is 9.95. The lowest BCUT2D eigenvalue weighted by atomic mass is 9.97. The van der Waals surface area contributed by atoms with E-state index in [-0.39, 0.29) is 24.5 Å². The quantitative estimate of drug-likeness (QED) is 0.846. The van der Waals surface area contributed by atoms with Crippen LogP contribution in [0.15, 0.2) is 30.3 Å². The highest BCUT2D eigenvalue weighted by atomic mass is 16.5. The minimum absolute atomic E-state index is 0.0133. The zero-order valence-electron chi connectivity index (χ0n) is 16.6. The molecule has 2 aliphatic rings. The van der Waals surface area contributed by atoms with Crippen LogP contribution in [0.4, 0.5) is 10.5 Å². The van der Waals surface area contributed by atoms with Gasteiger partial charge in [0.2, 0.25) is 5.91 Å². The molecule has 0 saturated carbocycles. The SMILES string of the molecule is COCC(=O)N1CCCC(c2nnc3n2CCN(C(=O)Nc2ccccc2)C3)C1. The predicted octanol–water partition coefficient (Wildman–Crippen LogP) is 1.68. The monoisotopic (exact) mass is 398 g/mol. The van der Waals surface area contributed by atoms with Crippen molar-refractivity contribution in [3.63, 3.8) is 0 Å². The summed E-state index contributed by atoms with van der Waals surface area (Å²) in [4.78, 5) is 28.3. The van der Waals surface area contributed by atoms with E-state index in [1.807, 2.05) is 35.2 Å². The number of aromatic nitrogens is 3. The van der Waals surface area contributed by atoms with Gasteiger partial charge in [-0.1, -0.05) is 18.2 Å². The number of likely N-dealkylation sites (tertiary alicyclic amines) is 1. The molecule has 1 unspecified atom stereocenters. The van der Waals surface area contributed by atoms with Gasteiger partial charge in [0.05, 0.1) is 6.54 Å². The van der Waals surface area contributed by atoms with Gasteiger partial charge in [0.25, 0.3) is 0 Å². The maximum atomic E-state index is 12.6. The molecule has 9 heteroatoms. The number of rotatable bonds is 4. The lowest BCUT2D eigenvalue weighted by Crippen LogP contribution is -2.43. The average molecular weight is 398 g/mol. The second-order valence-corrected chi connectivity index (χ2v) is 7.46. The van der Waals surface area contributed by atoms with E-state index in [1.165, 1.54) is 7.11 Å². The number of carbonyl (C=O) groups is 2. The Morgan fingerprint density at radius 1 is 1.14 bits per heavy atom. The highest BCUT2D eigenvalue weighted by Crippen LogP contribution is 2.28. The van der Waals surface area contributed by atoms with Gasteiger partial charge in [0.1, 0.15) is 12.4 Å². The number of fused-ring (bicyclic) bond motifs is 1. The minimum Gasteiger partial charge on any atom is -0.375 e. The molecule has 4 rings (SSSR count). The number of amides is 3. The van der Waals surface area contributed by atoms with Gasteiger partial charge >= 0.3 is 6.03 Å². The first-order chi connectivity index (χ1) is 14.2. The van der Waals surface area contributed by atoms with Gasteiger partial charge in [-0.2, -0.15) is 0 Å². The summed E-state index contributed by atoms with van der Waals surface area (Å²) >= 11 is 0. The van der Waals surface area contributed by atoms with Crippen molar-refractivity contribution in [3.05, 3.63) is 42.0 Å². The van der Waals surface area contributed by atoms with Crippen LogP contribution in [0.25, 0.3) is 0 Å². The number of urea groups is 1. The number of para-hydroxylation sites is 1. The van der Waals surface area contributed by atoms with E-state index in [0.717, 1.165) is 36.7 Å². The van der Waals surface area contributed by atoms with E-state index in [0.29, 0.717) is 26.2 Å². The maximum Gasteiger partial charge on any atom is 0.322 e. The fourth-order valence-corrected chi connectivity index (χ4v) is 4.01. The van der Waals surface area contributed by atoms with Crippen LogP contribution >= 0.6 is 0 Å². The van der Waals surface area contributed by atoms with Crippen molar-refractivity contribution >= 4 is 17.6 Å². The maximum absolute atomic E-state index is 12.6. The highest BCUT2D eigenvalue weighted by molar-refractivity contribution is 5.89. The Labute approximate surface area is 169 Å². The summed E-state index contributed by atoms with van der Waals surface area (Å²) in [5, 5.41) is 11.7. The smallest absolute Gasteiger partial charge is 0.322 e. The number of nitrogens with zero attached hydrogens (tertiary/aromatic N) is 5. The molecule has 29 heavy (non-hydrogen) atoms. The van der Waals surface area contributed by atoms with E-state index in [2.05, 4.69) is 20.1 Å². The van der Waals surface area contributed by atoms with Crippen molar-refractivity contribution in [2.45, 2.75) is 31.8 Å². The Bertz CT molecular complexity index is 868. The van der Waals surface area contributed by atoms with Crippen LogP contribution in [-0.4, -0.2) is 69.9 Å². The van der Waals surface area contributed by atoms with Crippen molar-refractivity contribution in [2.75, 3.05) is 38.7 Å². The molecular weight excluding hydrogens is 372 g/mol. The summed E-state index contributed by atoms with van der Waals surface area (Å²) in [6.07, 6.45) is 1.92. The Morgan fingerprint density at radius 2 is 1.97 bits per heavy atom. The Morgan fingerprint density at radius 3 is 2.76 bits per heavy atom. The molecule has 1 fully saturated rings. The number of hydrogen-bond donors (Lipinski definition) is 1. The molecule has 2 aliphatic heterocycles. The molecule has 0 radical (unpaired) electrons. The normalized spacial score (nSPS) is 19.0. The zero-order chi connectivity index (χ0) is 20.2. The van der Waals surface area contributed by atoms with Crippen molar-refractivity contribution in [1.29, 1.82) is 0 Å². The van der Waals surface area contributed by atoms with Crippen LogP contribution < -0.4 is 5.32 Å². The molecule has 1 aromatic heterocycles. The van der Waals surface area contributed by atoms with E-state index in [4.69, 9.17) is 4.74 Å². The van der Waals surface area contributed by atoms with Crippen LogP contribution in [0.5, 0.6) is 0 Å². The van der Waals surface area contributed by atoms with Gasteiger partial charge < -0.3 is 24.4 Å². The molecule has 3 heterocycles. The third-order valence-corrected chi connectivity index (χ3v) is 5.50. The van der Waals surface area contributed by atoms with Crippen LogP contribution in [-0.2, 0) is 22.6 Å². The molecule has 1 N–H and O–H groups in total. The molecule has 0 spiro atoms. The number of hydrogen-bond acceptors (Lipinski definition) is 5. The predicted molar refractivity (Wildman–Crippen MR) is 106 cm³/mol. The summed E-state index contributed by atoms with van der Waals surface area (Å²) in [7, 11) is 1.54. The number of benzene rings is 1. The number of nitrogens with one attached hydrogen (secondary N) is 1. The Kier molecular flexibility index (Phi) is 5.75. The van der Waals surface area contributed by atoms with Crippen LogP contribution in [0.2, 0.25) is 0 Å². The van der Waals surface area contributed by atoms with E-state index >= 15 is 0 Å². The van der Waals surface area contributed by atoms with Gasteiger partial charge in [-0.3, -0.25) is 4.79 Å². The zero-order valence-corrected chi connectivity index (χ0v) is 16.6. The second-order valence-electron chi connectivity index (χ2n) is 7.46. The first kappa shape index (κ1) is 19.4. The van der Waals surface area contributed by atoms with Crippen molar-refractivity contribution < 1.29 is 14.3 Å². The first-order valence-electron chi connectivity index (χ1n) is 9.95.